The Morgan fingerprint density at radius 2 is 1.71 bits per heavy atom. The van der Waals surface area contributed by atoms with Crippen LogP contribution in [0.5, 0.6) is 11.5 Å². The Morgan fingerprint density at radius 3 is 2.46 bits per heavy atom. The Morgan fingerprint density at radius 1 is 0.964 bits per heavy atom. The van der Waals surface area contributed by atoms with Gasteiger partial charge >= 0.3 is 0 Å². The standard InChI is InChI=1S/C21H20N4O3/c1-13-4-6-14(7-5-13)17-8-15(28-25-17)11-22-21-16-9-19(26-2)20(27-3)10-18(16)23-12-24-21/h4-10,12H,11H2,1-3H3,(H,22,23,24). The zero-order valence-electron chi connectivity index (χ0n) is 15.9. The van der Waals surface area contributed by atoms with Crippen molar-refractivity contribution in [1.82, 2.24) is 15.1 Å². The van der Waals surface area contributed by atoms with E-state index in [9.17, 15) is 0 Å². The molecule has 142 valence electrons. The summed E-state index contributed by atoms with van der Waals surface area (Å²) in [4.78, 5) is 8.66. The Hall–Kier alpha value is -3.61. The van der Waals surface area contributed by atoms with E-state index in [1.807, 2.05) is 30.3 Å². The van der Waals surface area contributed by atoms with E-state index in [-0.39, 0.29) is 0 Å². The second-order valence-corrected chi connectivity index (χ2v) is 6.34. The molecule has 0 aliphatic heterocycles. The summed E-state index contributed by atoms with van der Waals surface area (Å²) in [7, 11) is 3.20. The fourth-order valence-electron chi connectivity index (χ4n) is 2.95. The van der Waals surface area contributed by atoms with Gasteiger partial charge in [0.1, 0.15) is 17.8 Å². The van der Waals surface area contributed by atoms with Crippen LogP contribution in [0, 0.1) is 6.92 Å². The van der Waals surface area contributed by atoms with E-state index in [2.05, 4.69) is 39.5 Å². The predicted molar refractivity (Wildman–Crippen MR) is 107 cm³/mol. The van der Waals surface area contributed by atoms with Gasteiger partial charge in [-0.3, -0.25) is 0 Å². The first-order valence-corrected chi connectivity index (χ1v) is 8.81. The van der Waals surface area contributed by atoms with Crippen molar-refractivity contribution in [1.29, 1.82) is 0 Å². The van der Waals surface area contributed by atoms with E-state index < -0.39 is 0 Å². The van der Waals surface area contributed by atoms with Gasteiger partial charge in [-0.1, -0.05) is 35.0 Å². The first kappa shape index (κ1) is 17.8. The zero-order valence-corrected chi connectivity index (χ0v) is 15.9. The minimum atomic E-state index is 0.444. The molecule has 0 saturated carbocycles. The lowest BCUT2D eigenvalue weighted by Crippen LogP contribution is -2.02. The molecular formula is C21H20N4O3. The molecule has 7 heteroatoms. The third kappa shape index (κ3) is 3.46. The molecule has 0 fully saturated rings. The number of rotatable bonds is 6. The highest BCUT2D eigenvalue weighted by Gasteiger charge is 2.12. The van der Waals surface area contributed by atoms with Crippen LogP contribution in [0.2, 0.25) is 0 Å². The lowest BCUT2D eigenvalue weighted by atomic mass is 10.1. The second kappa shape index (κ2) is 7.56. The molecule has 0 radical (unpaired) electrons. The number of nitrogens with one attached hydrogen (secondary N) is 1. The first-order chi connectivity index (χ1) is 13.7. The van der Waals surface area contributed by atoms with Gasteiger partial charge in [0.2, 0.25) is 0 Å². The fourth-order valence-corrected chi connectivity index (χ4v) is 2.95. The molecule has 2 aromatic carbocycles. The second-order valence-electron chi connectivity index (χ2n) is 6.34. The van der Waals surface area contributed by atoms with Crippen LogP contribution in [-0.2, 0) is 6.54 Å². The van der Waals surface area contributed by atoms with Crippen molar-refractivity contribution in [2.45, 2.75) is 13.5 Å². The van der Waals surface area contributed by atoms with Gasteiger partial charge in [-0.15, -0.1) is 0 Å². The van der Waals surface area contributed by atoms with E-state index >= 15 is 0 Å². The van der Waals surface area contributed by atoms with Crippen molar-refractivity contribution in [3.8, 4) is 22.8 Å². The average molecular weight is 376 g/mol. The number of methoxy groups -OCH3 is 2. The number of fused-ring (bicyclic) bond motifs is 1. The Labute approximate surface area is 162 Å². The molecular weight excluding hydrogens is 356 g/mol. The molecule has 2 aromatic heterocycles. The maximum absolute atomic E-state index is 5.46. The number of benzene rings is 2. The van der Waals surface area contributed by atoms with E-state index in [4.69, 9.17) is 14.0 Å². The summed E-state index contributed by atoms with van der Waals surface area (Å²) in [6.07, 6.45) is 1.51. The van der Waals surface area contributed by atoms with Gasteiger partial charge in [0.05, 0.1) is 26.3 Å². The molecule has 0 aliphatic carbocycles. The number of ether oxygens (including phenoxy) is 2. The van der Waals surface area contributed by atoms with Crippen molar-refractivity contribution < 1.29 is 14.0 Å². The van der Waals surface area contributed by atoms with Crippen LogP contribution < -0.4 is 14.8 Å². The zero-order chi connectivity index (χ0) is 19.5. The number of anilines is 1. The maximum Gasteiger partial charge on any atom is 0.162 e. The van der Waals surface area contributed by atoms with Crippen molar-refractivity contribution in [3.05, 3.63) is 60.1 Å². The van der Waals surface area contributed by atoms with Gasteiger partial charge in [0.15, 0.2) is 17.3 Å². The fraction of sp³-hybridized carbons (Fsp3) is 0.190. The maximum atomic E-state index is 5.46. The van der Waals surface area contributed by atoms with Crippen LogP contribution in [0.15, 0.2) is 53.3 Å². The van der Waals surface area contributed by atoms with Crippen LogP contribution in [-0.4, -0.2) is 29.3 Å². The van der Waals surface area contributed by atoms with Crippen LogP contribution in [0.25, 0.3) is 22.2 Å². The molecule has 28 heavy (non-hydrogen) atoms. The van der Waals surface area contributed by atoms with Crippen molar-refractivity contribution in [2.24, 2.45) is 0 Å². The van der Waals surface area contributed by atoms with Crippen LogP contribution in [0.4, 0.5) is 5.82 Å². The van der Waals surface area contributed by atoms with Crippen molar-refractivity contribution in [3.63, 3.8) is 0 Å². The van der Waals surface area contributed by atoms with Gasteiger partial charge in [-0.25, -0.2) is 9.97 Å². The quantitative estimate of drug-likeness (QED) is 0.539. The molecule has 0 spiro atoms. The summed E-state index contributed by atoms with van der Waals surface area (Å²) in [5, 5.41) is 8.27. The largest absolute Gasteiger partial charge is 0.493 e. The Kier molecular flexibility index (Phi) is 4.80. The molecule has 0 amide bonds. The normalized spacial score (nSPS) is 10.8. The molecule has 0 atom stereocenters. The van der Waals surface area contributed by atoms with E-state index in [1.165, 1.54) is 11.9 Å². The highest BCUT2D eigenvalue weighted by Crippen LogP contribution is 2.33. The Balaban J connectivity index is 1.57. The molecule has 7 nitrogen and oxygen atoms in total. The topological polar surface area (TPSA) is 82.3 Å². The lowest BCUT2D eigenvalue weighted by molar-refractivity contribution is 0.356. The molecule has 0 saturated heterocycles. The van der Waals surface area contributed by atoms with Gasteiger partial charge < -0.3 is 19.3 Å². The number of hydrogen-bond acceptors (Lipinski definition) is 7. The average Bonchev–Trinajstić information content (AvgIpc) is 3.20. The summed E-state index contributed by atoms with van der Waals surface area (Å²) >= 11 is 0. The van der Waals surface area contributed by atoms with E-state index in [0.29, 0.717) is 29.6 Å². The third-order valence-electron chi connectivity index (χ3n) is 4.48. The molecule has 0 bridgehead atoms. The highest BCUT2D eigenvalue weighted by atomic mass is 16.5. The molecule has 0 aliphatic rings. The number of aromatic nitrogens is 3. The SMILES string of the molecule is COc1cc2ncnc(NCc3cc(-c4ccc(C)cc4)no3)c2cc1OC. The predicted octanol–water partition coefficient (Wildman–Crippen LogP) is 4.22. The smallest absolute Gasteiger partial charge is 0.162 e. The summed E-state index contributed by atoms with van der Waals surface area (Å²) in [6.45, 7) is 2.50. The number of nitrogens with zero attached hydrogens (tertiary/aromatic N) is 3. The van der Waals surface area contributed by atoms with Crippen molar-refractivity contribution >= 4 is 16.7 Å². The van der Waals surface area contributed by atoms with E-state index in [0.717, 1.165) is 22.2 Å². The molecule has 2 heterocycles. The molecule has 1 N–H and O–H groups in total. The third-order valence-corrected chi connectivity index (χ3v) is 4.48. The Bertz CT molecular complexity index is 1110. The van der Waals surface area contributed by atoms with Crippen molar-refractivity contribution in [2.75, 3.05) is 19.5 Å². The van der Waals surface area contributed by atoms with Gasteiger partial charge in [0.25, 0.3) is 0 Å². The van der Waals surface area contributed by atoms with Gasteiger partial charge in [-0.05, 0) is 13.0 Å². The number of hydrogen-bond donors (Lipinski definition) is 1. The summed E-state index contributed by atoms with van der Waals surface area (Å²) < 4.78 is 16.2. The van der Waals surface area contributed by atoms with Gasteiger partial charge in [-0.2, -0.15) is 0 Å². The number of aryl methyl sites for hydroxylation is 1. The van der Waals surface area contributed by atoms with Crippen LogP contribution in [0.3, 0.4) is 0 Å². The molecule has 4 aromatic rings. The van der Waals surface area contributed by atoms with Gasteiger partial charge in [0, 0.05) is 23.1 Å². The molecule has 4 rings (SSSR count). The first-order valence-electron chi connectivity index (χ1n) is 8.81. The summed E-state index contributed by atoms with van der Waals surface area (Å²) in [6, 6.07) is 13.8. The van der Waals surface area contributed by atoms with Crippen LogP contribution in [0.1, 0.15) is 11.3 Å². The minimum absolute atomic E-state index is 0.444. The van der Waals surface area contributed by atoms with Crippen LogP contribution >= 0.6 is 0 Å². The van der Waals surface area contributed by atoms with E-state index in [1.54, 1.807) is 14.2 Å². The highest BCUT2D eigenvalue weighted by molar-refractivity contribution is 5.91. The minimum Gasteiger partial charge on any atom is -0.493 e. The molecule has 0 unspecified atom stereocenters. The lowest BCUT2D eigenvalue weighted by Gasteiger charge is -2.11. The summed E-state index contributed by atoms with van der Waals surface area (Å²) in [5.41, 5.74) is 3.78. The summed E-state index contributed by atoms with van der Waals surface area (Å²) in [5.74, 6) is 2.63. The monoisotopic (exact) mass is 376 g/mol.